The number of nitrogens with zero attached hydrogens (tertiary/aromatic N) is 1. The number of aryl methyl sites for hydroxylation is 1. The standard InChI is InChI=1S/C15H15F2N3S/c1-10-5-7-18-14(9-10)20-15(21)19-8-6-11-12(16)3-2-4-13(11)17/h2-5,7,9H,6,8H2,1H3,(H2,18,19,20,21). The van der Waals surface area contributed by atoms with Gasteiger partial charge in [-0.25, -0.2) is 13.8 Å². The second kappa shape index (κ2) is 7.08. The van der Waals surface area contributed by atoms with Crippen molar-refractivity contribution < 1.29 is 8.78 Å². The highest BCUT2D eigenvalue weighted by Gasteiger charge is 2.08. The third-order valence-corrected chi connectivity index (χ3v) is 3.13. The molecule has 0 saturated heterocycles. The number of aromatic nitrogens is 1. The Morgan fingerprint density at radius 1 is 1.24 bits per heavy atom. The minimum absolute atomic E-state index is 0.0569. The van der Waals surface area contributed by atoms with Crippen LogP contribution in [0.4, 0.5) is 14.6 Å². The van der Waals surface area contributed by atoms with E-state index < -0.39 is 11.6 Å². The number of anilines is 1. The van der Waals surface area contributed by atoms with Gasteiger partial charge in [-0.2, -0.15) is 0 Å². The Morgan fingerprint density at radius 2 is 1.95 bits per heavy atom. The average molecular weight is 307 g/mol. The lowest BCUT2D eigenvalue weighted by Gasteiger charge is -2.11. The van der Waals surface area contributed by atoms with Crippen molar-refractivity contribution in [2.24, 2.45) is 0 Å². The monoisotopic (exact) mass is 307 g/mol. The van der Waals surface area contributed by atoms with Gasteiger partial charge in [0.15, 0.2) is 5.11 Å². The lowest BCUT2D eigenvalue weighted by molar-refractivity contribution is 0.553. The molecule has 21 heavy (non-hydrogen) atoms. The summed E-state index contributed by atoms with van der Waals surface area (Å²) < 4.78 is 26.9. The van der Waals surface area contributed by atoms with Gasteiger partial charge in [0, 0.05) is 18.3 Å². The molecule has 1 aromatic heterocycles. The van der Waals surface area contributed by atoms with Gasteiger partial charge in [0.05, 0.1) is 0 Å². The number of pyridine rings is 1. The predicted molar refractivity (Wildman–Crippen MR) is 83.3 cm³/mol. The molecule has 2 aromatic rings. The first kappa shape index (κ1) is 15.3. The van der Waals surface area contributed by atoms with Crippen molar-refractivity contribution in [3.05, 3.63) is 59.3 Å². The average Bonchev–Trinajstić information content (AvgIpc) is 2.42. The van der Waals surface area contributed by atoms with E-state index in [9.17, 15) is 8.78 Å². The van der Waals surface area contributed by atoms with Crippen LogP contribution in [0.15, 0.2) is 36.5 Å². The van der Waals surface area contributed by atoms with Gasteiger partial charge in [-0.15, -0.1) is 0 Å². The molecule has 1 aromatic carbocycles. The zero-order valence-corrected chi connectivity index (χ0v) is 12.3. The Labute approximate surface area is 127 Å². The second-order valence-corrected chi connectivity index (χ2v) is 4.96. The molecule has 0 radical (unpaired) electrons. The summed E-state index contributed by atoms with van der Waals surface area (Å²) in [7, 11) is 0. The predicted octanol–water partition coefficient (Wildman–Crippen LogP) is 3.20. The molecule has 0 atom stereocenters. The molecule has 0 unspecified atom stereocenters. The third-order valence-electron chi connectivity index (χ3n) is 2.88. The minimum Gasteiger partial charge on any atom is -0.362 e. The number of hydrogen-bond acceptors (Lipinski definition) is 2. The van der Waals surface area contributed by atoms with Gasteiger partial charge in [0.1, 0.15) is 17.5 Å². The van der Waals surface area contributed by atoms with E-state index in [2.05, 4.69) is 15.6 Å². The Hall–Kier alpha value is -2.08. The van der Waals surface area contributed by atoms with Crippen LogP contribution < -0.4 is 10.6 Å². The van der Waals surface area contributed by atoms with E-state index in [-0.39, 0.29) is 12.0 Å². The van der Waals surface area contributed by atoms with E-state index >= 15 is 0 Å². The van der Waals surface area contributed by atoms with E-state index in [1.807, 2.05) is 19.1 Å². The van der Waals surface area contributed by atoms with Crippen LogP contribution in [0.1, 0.15) is 11.1 Å². The van der Waals surface area contributed by atoms with Gasteiger partial charge < -0.3 is 10.6 Å². The van der Waals surface area contributed by atoms with E-state index in [4.69, 9.17) is 12.2 Å². The van der Waals surface area contributed by atoms with Crippen molar-refractivity contribution in [2.75, 3.05) is 11.9 Å². The highest BCUT2D eigenvalue weighted by Crippen LogP contribution is 2.12. The molecule has 1 heterocycles. The highest BCUT2D eigenvalue weighted by atomic mass is 32.1. The van der Waals surface area contributed by atoms with Crippen molar-refractivity contribution in [3.8, 4) is 0 Å². The molecule has 2 rings (SSSR count). The van der Waals surface area contributed by atoms with Gasteiger partial charge in [0.25, 0.3) is 0 Å². The number of halogens is 2. The number of rotatable bonds is 4. The van der Waals surface area contributed by atoms with Crippen molar-refractivity contribution >= 4 is 23.1 Å². The van der Waals surface area contributed by atoms with Gasteiger partial charge in [-0.05, 0) is 55.4 Å². The summed E-state index contributed by atoms with van der Waals surface area (Å²) >= 11 is 5.11. The normalized spacial score (nSPS) is 10.2. The first-order valence-corrected chi connectivity index (χ1v) is 6.87. The molecule has 0 aliphatic heterocycles. The maximum absolute atomic E-state index is 13.4. The van der Waals surface area contributed by atoms with Crippen LogP contribution in [-0.2, 0) is 6.42 Å². The van der Waals surface area contributed by atoms with E-state index in [1.54, 1.807) is 6.20 Å². The zero-order chi connectivity index (χ0) is 15.2. The summed E-state index contributed by atoms with van der Waals surface area (Å²) in [6, 6.07) is 7.56. The third kappa shape index (κ3) is 4.46. The van der Waals surface area contributed by atoms with Crippen LogP contribution in [0.5, 0.6) is 0 Å². The summed E-state index contributed by atoms with van der Waals surface area (Å²) in [4.78, 5) is 4.12. The van der Waals surface area contributed by atoms with Gasteiger partial charge in [-0.3, -0.25) is 0 Å². The SMILES string of the molecule is Cc1ccnc(NC(=S)NCCc2c(F)cccc2F)c1. The summed E-state index contributed by atoms with van der Waals surface area (Å²) in [5.74, 6) is -0.461. The highest BCUT2D eigenvalue weighted by molar-refractivity contribution is 7.80. The van der Waals surface area contributed by atoms with E-state index in [0.29, 0.717) is 17.5 Å². The van der Waals surface area contributed by atoms with E-state index in [1.165, 1.54) is 18.2 Å². The molecule has 2 N–H and O–H groups in total. The van der Waals surface area contributed by atoms with Crippen molar-refractivity contribution in [2.45, 2.75) is 13.3 Å². The fourth-order valence-electron chi connectivity index (χ4n) is 1.84. The molecule has 0 aliphatic rings. The number of thiocarbonyl (C=S) groups is 1. The number of hydrogen-bond donors (Lipinski definition) is 2. The van der Waals surface area contributed by atoms with Crippen LogP contribution in [-0.4, -0.2) is 16.6 Å². The first-order valence-electron chi connectivity index (χ1n) is 6.46. The molecule has 0 spiro atoms. The van der Waals surface area contributed by atoms with Crippen LogP contribution in [0.25, 0.3) is 0 Å². The fourth-order valence-corrected chi connectivity index (χ4v) is 2.04. The van der Waals surface area contributed by atoms with Gasteiger partial charge in [0.2, 0.25) is 0 Å². The molecule has 0 saturated carbocycles. The molecule has 110 valence electrons. The zero-order valence-electron chi connectivity index (χ0n) is 11.5. The van der Waals surface area contributed by atoms with E-state index in [0.717, 1.165) is 5.56 Å². The molecule has 3 nitrogen and oxygen atoms in total. The van der Waals surface area contributed by atoms with Gasteiger partial charge >= 0.3 is 0 Å². The molecule has 6 heteroatoms. The lowest BCUT2D eigenvalue weighted by atomic mass is 10.1. The minimum atomic E-state index is -0.545. The number of nitrogens with one attached hydrogen (secondary N) is 2. The van der Waals surface area contributed by atoms with Crippen LogP contribution in [0.2, 0.25) is 0 Å². The topological polar surface area (TPSA) is 37.0 Å². The number of benzene rings is 1. The molecule has 0 aliphatic carbocycles. The summed E-state index contributed by atoms with van der Waals surface area (Å²) in [5, 5.41) is 6.19. The molecule has 0 bridgehead atoms. The summed E-state index contributed by atoms with van der Waals surface area (Å²) in [6.45, 7) is 2.28. The fraction of sp³-hybridized carbons (Fsp3) is 0.200. The maximum atomic E-state index is 13.4. The molecule has 0 amide bonds. The smallest absolute Gasteiger partial charge is 0.171 e. The first-order chi connectivity index (χ1) is 10.1. The second-order valence-electron chi connectivity index (χ2n) is 4.55. The Balaban J connectivity index is 1.85. The van der Waals surface area contributed by atoms with Crippen LogP contribution in [0.3, 0.4) is 0 Å². The Morgan fingerprint density at radius 3 is 2.62 bits per heavy atom. The largest absolute Gasteiger partial charge is 0.362 e. The van der Waals surface area contributed by atoms with Crippen molar-refractivity contribution in [3.63, 3.8) is 0 Å². The molecule has 0 fully saturated rings. The Kier molecular flexibility index (Phi) is 5.16. The summed E-state index contributed by atoms with van der Waals surface area (Å²) in [5.41, 5.74) is 1.12. The van der Waals surface area contributed by atoms with Crippen molar-refractivity contribution in [1.82, 2.24) is 10.3 Å². The van der Waals surface area contributed by atoms with Crippen LogP contribution >= 0.6 is 12.2 Å². The Bertz CT molecular complexity index is 626. The van der Waals surface area contributed by atoms with Gasteiger partial charge in [-0.1, -0.05) is 6.07 Å². The molecular weight excluding hydrogens is 292 g/mol. The van der Waals surface area contributed by atoms with Crippen LogP contribution in [0, 0.1) is 18.6 Å². The molecular formula is C15H15F2N3S. The van der Waals surface area contributed by atoms with Crippen molar-refractivity contribution in [1.29, 1.82) is 0 Å². The summed E-state index contributed by atoms with van der Waals surface area (Å²) in [6.07, 6.45) is 1.89. The quantitative estimate of drug-likeness (QED) is 0.851. The lowest BCUT2D eigenvalue weighted by Crippen LogP contribution is -2.30. The maximum Gasteiger partial charge on any atom is 0.171 e.